The summed E-state index contributed by atoms with van der Waals surface area (Å²) in [5.74, 6) is -3.72. The van der Waals surface area contributed by atoms with E-state index in [-0.39, 0.29) is 44.0 Å². The Morgan fingerprint density at radius 2 is 1.41 bits per heavy atom. The average molecular weight is 827 g/mol. The van der Waals surface area contributed by atoms with Crippen molar-refractivity contribution in [2.45, 2.75) is 25.4 Å². The molecular weight excluding hydrogens is 780 g/mol. The Morgan fingerprint density at radius 1 is 0.845 bits per heavy atom. The molecule has 0 radical (unpaired) electrons. The molecule has 1 saturated carbocycles. The average Bonchev–Trinajstić information content (AvgIpc) is 3.98. The Morgan fingerprint density at radius 3 is 1.95 bits per heavy atom. The van der Waals surface area contributed by atoms with Crippen LogP contribution < -0.4 is 9.62 Å². The topological polar surface area (TPSA) is 200 Å². The summed E-state index contributed by atoms with van der Waals surface area (Å²) in [7, 11) is -2.23. The van der Waals surface area contributed by atoms with Gasteiger partial charge in [-0.2, -0.15) is 0 Å². The molecule has 0 spiro atoms. The fraction of sp³-hybridized carbons (Fsp3) is 0.390. The minimum atomic E-state index is -3.74. The Kier molecular flexibility index (Phi) is 15.9. The standard InChI is InChI=1S/C41H47FN2O13S/c1-43-40(47)38-33-23-32(28-7-8-28)34(24-37(33)57-39(38)30-9-11-31(42)12-10-30)44(58(2,50)51)13-14-52-15-16-53-17-18-54-19-20-55-21-22-56-26-27-3-5-29(6-4-27)35(45)25-36(46)41(48)49/h3-6,9-12,23-25,28,45H,7-8,13-22,26H2,1-2H3,(H,43,47)(H,48,49)/b35-25-. The second-order valence-corrected chi connectivity index (χ2v) is 15.2. The highest BCUT2D eigenvalue weighted by Gasteiger charge is 2.33. The second kappa shape index (κ2) is 21.0. The first-order chi connectivity index (χ1) is 27.9. The zero-order chi connectivity index (χ0) is 41.7. The van der Waals surface area contributed by atoms with Crippen LogP contribution >= 0.6 is 0 Å². The van der Waals surface area contributed by atoms with Crippen LogP contribution in [0.4, 0.5) is 10.1 Å². The van der Waals surface area contributed by atoms with Gasteiger partial charge in [-0.25, -0.2) is 17.6 Å². The molecule has 3 aromatic carbocycles. The van der Waals surface area contributed by atoms with Crippen LogP contribution in [0.3, 0.4) is 0 Å². The van der Waals surface area contributed by atoms with Crippen molar-refractivity contribution in [1.82, 2.24) is 5.32 Å². The molecule has 312 valence electrons. The van der Waals surface area contributed by atoms with Crippen molar-refractivity contribution in [2.75, 3.05) is 83.6 Å². The van der Waals surface area contributed by atoms with Gasteiger partial charge in [0.1, 0.15) is 22.9 Å². The molecule has 5 rings (SSSR count). The number of benzene rings is 3. The van der Waals surface area contributed by atoms with Gasteiger partial charge in [-0.05, 0) is 60.2 Å². The van der Waals surface area contributed by atoms with Gasteiger partial charge in [-0.15, -0.1) is 0 Å². The van der Waals surface area contributed by atoms with Crippen LogP contribution in [0.15, 0.2) is 71.2 Å². The number of carboxylic acid groups (broad SMARTS) is 1. The monoisotopic (exact) mass is 826 g/mol. The molecule has 3 N–H and O–H groups in total. The van der Waals surface area contributed by atoms with Gasteiger partial charge in [0.25, 0.3) is 11.7 Å². The van der Waals surface area contributed by atoms with E-state index < -0.39 is 33.4 Å². The molecule has 1 aliphatic carbocycles. The fourth-order valence-electron chi connectivity index (χ4n) is 5.96. The number of rotatable bonds is 25. The third-order valence-corrected chi connectivity index (χ3v) is 10.2. The molecule has 0 saturated heterocycles. The molecule has 0 unspecified atom stereocenters. The van der Waals surface area contributed by atoms with Gasteiger partial charge in [0.2, 0.25) is 10.0 Å². The number of furan rings is 1. The number of anilines is 1. The predicted molar refractivity (Wildman–Crippen MR) is 212 cm³/mol. The minimum Gasteiger partial charge on any atom is -0.507 e. The Hall–Kier alpha value is -5.17. The molecule has 4 aromatic rings. The molecule has 58 heavy (non-hydrogen) atoms. The first-order valence-electron chi connectivity index (χ1n) is 18.6. The number of aliphatic hydroxyl groups is 1. The molecular formula is C41H47FN2O13S. The second-order valence-electron chi connectivity index (χ2n) is 13.3. The van der Waals surface area contributed by atoms with E-state index in [1.165, 1.54) is 35.6 Å². The number of hydrogen-bond donors (Lipinski definition) is 3. The normalized spacial score (nSPS) is 13.2. The third kappa shape index (κ3) is 12.4. The first kappa shape index (κ1) is 43.9. The van der Waals surface area contributed by atoms with Crippen LogP contribution in [0.25, 0.3) is 28.1 Å². The van der Waals surface area contributed by atoms with E-state index in [2.05, 4.69) is 5.32 Å². The lowest BCUT2D eigenvalue weighted by Crippen LogP contribution is -2.34. The first-order valence-corrected chi connectivity index (χ1v) is 20.4. The van der Waals surface area contributed by atoms with E-state index >= 15 is 0 Å². The van der Waals surface area contributed by atoms with Crippen molar-refractivity contribution in [3.63, 3.8) is 0 Å². The molecule has 15 nitrogen and oxygen atoms in total. The third-order valence-electron chi connectivity index (χ3n) is 9.01. The summed E-state index contributed by atoms with van der Waals surface area (Å²) in [5, 5.41) is 21.7. The maximum absolute atomic E-state index is 13.7. The number of carboxylic acids is 1. The Labute approximate surface area is 335 Å². The summed E-state index contributed by atoms with van der Waals surface area (Å²) in [4.78, 5) is 34.9. The van der Waals surface area contributed by atoms with Gasteiger partial charge < -0.3 is 43.6 Å². The SMILES string of the molecule is CNC(=O)c1c(-c2ccc(F)cc2)oc2cc(N(CCOCCOCCOCCOCCOCc3ccc(/C(O)=C/C(=O)C(=O)O)cc3)S(C)(=O)=O)c(C3CC3)cc12. The highest BCUT2D eigenvalue weighted by atomic mass is 32.2. The summed E-state index contributed by atoms with van der Waals surface area (Å²) in [5.41, 5.74) is 3.52. The van der Waals surface area contributed by atoms with Crippen LogP contribution in [0.5, 0.6) is 0 Å². The molecule has 1 amide bonds. The number of nitrogens with zero attached hydrogens (tertiary/aromatic N) is 1. The number of fused-ring (bicyclic) bond motifs is 1. The van der Waals surface area contributed by atoms with E-state index in [1.807, 2.05) is 6.07 Å². The number of aliphatic carboxylic acids is 1. The van der Waals surface area contributed by atoms with Gasteiger partial charge in [0, 0.05) is 35.7 Å². The summed E-state index contributed by atoms with van der Waals surface area (Å²) in [6.07, 6.45) is 3.55. The summed E-state index contributed by atoms with van der Waals surface area (Å²) in [6, 6.07) is 15.6. The quantitative estimate of drug-likeness (QED) is 0.0346. The number of sulfonamides is 1. The number of amides is 1. The number of carbonyl (C=O) groups is 3. The Balaban J connectivity index is 0.987. The summed E-state index contributed by atoms with van der Waals surface area (Å²) >= 11 is 0. The van der Waals surface area contributed by atoms with Gasteiger partial charge in [-0.3, -0.25) is 13.9 Å². The maximum Gasteiger partial charge on any atom is 0.376 e. The molecule has 1 aliphatic rings. The van der Waals surface area contributed by atoms with E-state index in [9.17, 15) is 32.3 Å². The molecule has 0 bridgehead atoms. The minimum absolute atomic E-state index is 0.0456. The van der Waals surface area contributed by atoms with Gasteiger partial charge in [-0.1, -0.05) is 24.3 Å². The number of aliphatic hydroxyl groups excluding tert-OH is 1. The molecule has 1 fully saturated rings. The van der Waals surface area contributed by atoms with Crippen LogP contribution in [0.1, 0.15) is 45.8 Å². The zero-order valence-electron chi connectivity index (χ0n) is 32.2. The molecule has 1 aromatic heterocycles. The van der Waals surface area contributed by atoms with E-state index in [1.54, 1.807) is 30.3 Å². The van der Waals surface area contributed by atoms with Crippen molar-refractivity contribution in [2.24, 2.45) is 0 Å². The van der Waals surface area contributed by atoms with Crippen LogP contribution in [-0.4, -0.2) is 116 Å². The largest absolute Gasteiger partial charge is 0.507 e. The van der Waals surface area contributed by atoms with Gasteiger partial charge in [0.15, 0.2) is 0 Å². The zero-order valence-corrected chi connectivity index (χ0v) is 33.1. The van der Waals surface area contributed by atoms with Crippen molar-refractivity contribution in [1.29, 1.82) is 0 Å². The van der Waals surface area contributed by atoms with Crippen molar-refractivity contribution in [3.05, 3.63) is 94.8 Å². The summed E-state index contributed by atoms with van der Waals surface area (Å²) < 4.78 is 75.2. The van der Waals surface area contributed by atoms with E-state index in [4.69, 9.17) is 33.2 Å². The van der Waals surface area contributed by atoms with Crippen LogP contribution in [0, 0.1) is 5.82 Å². The highest BCUT2D eigenvalue weighted by Crippen LogP contribution is 2.48. The van der Waals surface area contributed by atoms with Gasteiger partial charge >= 0.3 is 5.97 Å². The number of ether oxygens (including phenoxy) is 5. The smallest absolute Gasteiger partial charge is 0.376 e. The van der Waals surface area contributed by atoms with Crippen LogP contribution in [0.2, 0.25) is 0 Å². The van der Waals surface area contributed by atoms with Crippen molar-refractivity contribution >= 4 is 50.1 Å². The summed E-state index contributed by atoms with van der Waals surface area (Å²) in [6.45, 7) is 3.04. The number of ketones is 1. The molecule has 0 atom stereocenters. The molecule has 0 aliphatic heterocycles. The fourth-order valence-corrected chi connectivity index (χ4v) is 6.89. The number of halogens is 1. The predicted octanol–water partition coefficient (Wildman–Crippen LogP) is 5.08. The lowest BCUT2D eigenvalue weighted by Gasteiger charge is -2.25. The number of carbonyl (C=O) groups excluding carboxylic acids is 2. The Bertz CT molecular complexity index is 2170. The number of nitrogens with one attached hydrogen (secondary N) is 1. The van der Waals surface area contributed by atoms with Crippen LogP contribution in [-0.2, 0) is 49.9 Å². The van der Waals surface area contributed by atoms with Gasteiger partial charge in [0.05, 0.1) is 90.1 Å². The highest BCUT2D eigenvalue weighted by molar-refractivity contribution is 7.92. The lowest BCUT2D eigenvalue weighted by molar-refractivity contribution is -0.146. The molecule has 1 heterocycles. The van der Waals surface area contributed by atoms with E-state index in [0.29, 0.717) is 85.7 Å². The van der Waals surface area contributed by atoms with Crippen molar-refractivity contribution < 1.29 is 65.5 Å². The maximum atomic E-state index is 13.7. The van der Waals surface area contributed by atoms with E-state index in [0.717, 1.165) is 30.2 Å². The molecule has 17 heteroatoms. The van der Waals surface area contributed by atoms with Crippen molar-refractivity contribution in [3.8, 4) is 11.3 Å². The number of hydrogen-bond acceptors (Lipinski definition) is 12. The lowest BCUT2D eigenvalue weighted by atomic mass is 10.0.